The third kappa shape index (κ3) is 10.1. The van der Waals surface area contributed by atoms with Gasteiger partial charge in [0.05, 0.1) is 19.6 Å². The molecule has 1 aliphatic rings. The van der Waals surface area contributed by atoms with Crippen LogP contribution in [-0.2, 0) is 23.8 Å². The lowest BCUT2D eigenvalue weighted by atomic mass is 10.3. The van der Waals surface area contributed by atoms with Gasteiger partial charge in [0, 0.05) is 30.5 Å². The zero-order valence-electron chi connectivity index (χ0n) is 14.0. The smallest absolute Gasteiger partial charge is 0.307 e. The third-order valence-corrected chi connectivity index (χ3v) is 5.86. The van der Waals surface area contributed by atoms with E-state index in [0.29, 0.717) is 32.1 Å². The van der Waals surface area contributed by atoms with Crippen molar-refractivity contribution in [2.24, 2.45) is 0 Å². The summed E-state index contributed by atoms with van der Waals surface area (Å²) in [4.78, 5) is 24.9. The summed E-state index contributed by atoms with van der Waals surface area (Å²) in [5.74, 6) is 1.83. The normalized spacial score (nSPS) is 15.1. The fourth-order valence-electron chi connectivity index (χ4n) is 1.89. The van der Waals surface area contributed by atoms with E-state index in [4.69, 9.17) is 14.2 Å². The predicted octanol–water partition coefficient (Wildman–Crippen LogP) is 1.98. The minimum Gasteiger partial charge on any atom is -0.463 e. The summed E-state index contributed by atoms with van der Waals surface area (Å²) in [6, 6.07) is 0.552. The molecule has 6 nitrogen and oxygen atoms in total. The molecule has 0 aromatic rings. The monoisotopic (exact) mass is 365 g/mol. The summed E-state index contributed by atoms with van der Waals surface area (Å²) in [7, 11) is 5.82. The quantitative estimate of drug-likeness (QED) is 0.295. The summed E-state index contributed by atoms with van der Waals surface area (Å²) in [6.07, 6.45) is 1.62. The topological polar surface area (TPSA) is 65.1 Å². The van der Waals surface area contributed by atoms with Crippen LogP contribution in [0.15, 0.2) is 0 Å². The Balaban J connectivity index is 1.90. The van der Waals surface area contributed by atoms with Crippen LogP contribution >= 0.6 is 21.6 Å². The van der Waals surface area contributed by atoms with Crippen molar-refractivity contribution in [2.75, 3.05) is 51.5 Å². The molecule has 0 radical (unpaired) electrons. The van der Waals surface area contributed by atoms with Crippen molar-refractivity contribution >= 4 is 33.5 Å². The number of nitrogens with zero attached hydrogens (tertiary/aromatic N) is 1. The van der Waals surface area contributed by atoms with E-state index in [9.17, 15) is 9.59 Å². The molecule has 23 heavy (non-hydrogen) atoms. The molecule has 0 aromatic carbocycles. The van der Waals surface area contributed by atoms with E-state index in [2.05, 4.69) is 4.90 Å². The van der Waals surface area contributed by atoms with Gasteiger partial charge < -0.3 is 19.1 Å². The van der Waals surface area contributed by atoms with Crippen LogP contribution in [0, 0.1) is 0 Å². The van der Waals surface area contributed by atoms with Crippen molar-refractivity contribution in [3.05, 3.63) is 0 Å². The third-order valence-electron chi connectivity index (χ3n) is 3.33. The van der Waals surface area contributed by atoms with Gasteiger partial charge in [-0.15, -0.1) is 0 Å². The average Bonchev–Trinajstić information content (AvgIpc) is 3.06. The second kappa shape index (κ2) is 12.9. The van der Waals surface area contributed by atoms with Crippen LogP contribution in [0.1, 0.15) is 26.2 Å². The molecule has 1 saturated heterocycles. The van der Waals surface area contributed by atoms with Crippen molar-refractivity contribution in [2.45, 2.75) is 32.2 Å². The zero-order chi connectivity index (χ0) is 16.9. The molecule has 1 heterocycles. The molecular weight excluding hydrogens is 338 g/mol. The Morgan fingerprint density at radius 3 is 2.13 bits per heavy atom. The van der Waals surface area contributed by atoms with Crippen molar-refractivity contribution in [3.8, 4) is 0 Å². The van der Waals surface area contributed by atoms with Crippen LogP contribution < -0.4 is 0 Å². The van der Waals surface area contributed by atoms with Crippen LogP contribution in [0.4, 0.5) is 0 Å². The Morgan fingerprint density at radius 1 is 1.00 bits per heavy atom. The van der Waals surface area contributed by atoms with Crippen LogP contribution in [0.3, 0.4) is 0 Å². The molecule has 0 unspecified atom stereocenters. The average molecular weight is 366 g/mol. The molecule has 0 bridgehead atoms. The minimum atomic E-state index is -0.203. The Morgan fingerprint density at radius 2 is 1.57 bits per heavy atom. The predicted molar refractivity (Wildman–Crippen MR) is 93.6 cm³/mol. The van der Waals surface area contributed by atoms with E-state index in [1.54, 1.807) is 0 Å². The van der Waals surface area contributed by atoms with Crippen molar-refractivity contribution in [1.29, 1.82) is 0 Å². The van der Waals surface area contributed by atoms with Crippen LogP contribution in [-0.4, -0.2) is 74.4 Å². The van der Waals surface area contributed by atoms with Gasteiger partial charge in [-0.1, -0.05) is 28.5 Å². The standard InChI is InChI=1S/C15H27NO5S2/c1-3-4-14(17)20-9-7-19-8-10-21-15(18)5-6-16(2)13-11-22-23-12-13/h13H,3-12H2,1-2H3. The molecule has 0 aromatic heterocycles. The second-order valence-corrected chi connectivity index (χ2v) is 7.81. The molecule has 134 valence electrons. The van der Waals surface area contributed by atoms with E-state index < -0.39 is 0 Å². The molecule has 0 amide bonds. The highest BCUT2D eigenvalue weighted by Gasteiger charge is 2.21. The molecule has 0 N–H and O–H groups in total. The highest BCUT2D eigenvalue weighted by molar-refractivity contribution is 8.77. The van der Waals surface area contributed by atoms with Gasteiger partial charge in [0.1, 0.15) is 13.2 Å². The number of carbonyl (C=O) groups excluding carboxylic acids is 2. The van der Waals surface area contributed by atoms with Crippen molar-refractivity contribution < 1.29 is 23.8 Å². The summed E-state index contributed by atoms with van der Waals surface area (Å²) in [5, 5.41) is 0. The summed E-state index contributed by atoms with van der Waals surface area (Å²) in [5.41, 5.74) is 0. The minimum absolute atomic E-state index is 0.201. The zero-order valence-corrected chi connectivity index (χ0v) is 15.6. The van der Waals surface area contributed by atoms with E-state index >= 15 is 0 Å². The first kappa shape index (κ1) is 20.6. The molecule has 1 fully saturated rings. The van der Waals surface area contributed by atoms with E-state index in [-0.39, 0.29) is 25.2 Å². The Labute approximate surface area is 146 Å². The lowest BCUT2D eigenvalue weighted by Gasteiger charge is -2.22. The highest BCUT2D eigenvalue weighted by Crippen LogP contribution is 2.32. The van der Waals surface area contributed by atoms with Crippen LogP contribution in [0.5, 0.6) is 0 Å². The number of esters is 2. The molecule has 8 heteroatoms. The van der Waals surface area contributed by atoms with Crippen molar-refractivity contribution in [3.63, 3.8) is 0 Å². The largest absolute Gasteiger partial charge is 0.463 e. The first-order valence-electron chi connectivity index (χ1n) is 7.97. The van der Waals surface area contributed by atoms with Gasteiger partial charge in [0.15, 0.2) is 0 Å². The SMILES string of the molecule is CCCC(=O)OCCOCCOC(=O)CCN(C)C1CSSC1. The van der Waals surface area contributed by atoms with Crippen LogP contribution in [0.25, 0.3) is 0 Å². The summed E-state index contributed by atoms with van der Waals surface area (Å²) < 4.78 is 15.3. The Kier molecular flexibility index (Phi) is 11.6. The Bertz CT molecular complexity index is 351. The lowest BCUT2D eigenvalue weighted by Crippen LogP contribution is -2.35. The highest BCUT2D eigenvalue weighted by atomic mass is 33.1. The summed E-state index contributed by atoms with van der Waals surface area (Å²) >= 11 is 0. The van der Waals surface area contributed by atoms with E-state index in [0.717, 1.165) is 24.5 Å². The van der Waals surface area contributed by atoms with Crippen molar-refractivity contribution in [1.82, 2.24) is 4.90 Å². The van der Waals surface area contributed by atoms with Gasteiger partial charge in [-0.25, -0.2) is 0 Å². The fourth-order valence-corrected chi connectivity index (χ4v) is 4.81. The number of ether oxygens (including phenoxy) is 3. The van der Waals surface area contributed by atoms with Crippen LogP contribution in [0.2, 0.25) is 0 Å². The molecular formula is C15H27NO5S2. The number of hydrogen-bond donors (Lipinski definition) is 0. The summed E-state index contributed by atoms with van der Waals surface area (Å²) in [6.45, 7) is 3.78. The maximum absolute atomic E-state index is 11.6. The number of rotatable bonds is 12. The first-order chi connectivity index (χ1) is 11.1. The van der Waals surface area contributed by atoms with E-state index in [1.807, 2.05) is 35.6 Å². The maximum atomic E-state index is 11.6. The molecule has 0 aliphatic carbocycles. The molecule has 0 spiro atoms. The number of carbonyl (C=O) groups is 2. The van der Waals surface area contributed by atoms with Gasteiger partial charge in [-0.2, -0.15) is 0 Å². The molecule has 0 atom stereocenters. The molecule has 1 aliphatic heterocycles. The Hall–Kier alpha value is -0.440. The van der Waals surface area contributed by atoms with E-state index in [1.165, 1.54) is 0 Å². The first-order valence-corrected chi connectivity index (χ1v) is 10.5. The number of hydrogen-bond acceptors (Lipinski definition) is 8. The van der Waals surface area contributed by atoms with Gasteiger partial charge in [-0.3, -0.25) is 9.59 Å². The molecule has 0 saturated carbocycles. The fraction of sp³-hybridized carbons (Fsp3) is 0.867. The maximum Gasteiger partial charge on any atom is 0.307 e. The molecule has 1 rings (SSSR count). The van der Waals surface area contributed by atoms with Gasteiger partial charge in [-0.05, 0) is 13.5 Å². The second-order valence-electron chi connectivity index (χ2n) is 5.26. The van der Waals surface area contributed by atoms with Gasteiger partial charge >= 0.3 is 11.9 Å². The van der Waals surface area contributed by atoms with Gasteiger partial charge in [0.25, 0.3) is 0 Å². The van der Waals surface area contributed by atoms with Gasteiger partial charge in [0.2, 0.25) is 0 Å². The lowest BCUT2D eigenvalue weighted by molar-refractivity contribution is -0.146.